The minimum Gasteiger partial charge on any atom is -0.427 e. The number of rotatable bonds is 4. The summed E-state index contributed by atoms with van der Waals surface area (Å²) in [5.74, 6) is -0.657. The summed E-state index contributed by atoms with van der Waals surface area (Å²) in [6.07, 6.45) is 0. The molecule has 0 bridgehead atoms. The highest BCUT2D eigenvalue weighted by molar-refractivity contribution is 5.97. The van der Waals surface area contributed by atoms with E-state index in [1.807, 2.05) is 0 Å². The van der Waals surface area contributed by atoms with Crippen LogP contribution in [0.2, 0.25) is 0 Å². The normalized spacial score (nSPS) is 13.5. The number of benzene rings is 2. The molecule has 0 aliphatic carbocycles. The third-order valence-corrected chi connectivity index (χ3v) is 4.63. The lowest BCUT2D eigenvalue weighted by Crippen LogP contribution is -2.50. The van der Waals surface area contributed by atoms with Crippen molar-refractivity contribution in [2.75, 3.05) is 31.5 Å². The van der Waals surface area contributed by atoms with Gasteiger partial charge in [-0.3, -0.25) is 19.2 Å². The van der Waals surface area contributed by atoms with Crippen LogP contribution < -0.4 is 10.1 Å². The zero-order valence-corrected chi connectivity index (χ0v) is 16.9. The standard InChI is InChI=1S/C22H23N3O5/c1-15(26)23-19-7-3-5-17(13-19)21(28)24-9-11-25(12-10-24)22(29)18-6-4-8-20(14-18)30-16(2)27/h3-8,13-14H,9-12H2,1-2H3,(H,23,26). The van der Waals surface area contributed by atoms with Gasteiger partial charge in [0, 0.05) is 56.8 Å². The average Bonchev–Trinajstić information content (AvgIpc) is 2.72. The number of carbonyl (C=O) groups excluding carboxylic acids is 4. The summed E-state index contributed by atoms with van der Waals surface area (Å²) in [5.41, 5.74) is 1.47. The van der Waals surface area contributed by atoms with Gasteiger partial charge in [0.2, 0.25) is 5.91 Å². The SMILES string of the molecule is CC(=O)Nc1cccc(C(=O)N2CCN(C(=O)c3cccc(OC(C)=O)c3)CC2)c1. The maximum atomic E-state index is 12.8. The van der Waals surface area contributed by atoms with Crippen molar-refractivity contribution in [3.8, 4) is 5.75 Å². The molecule has 2 aromatic rings. The molecular formula is C22H23N3O5. The molecule has 0 unspecified atom stereocenters. The summed E-state index contributed by atoms with van der Waals surface area (Å²) >= 11 is 0. The number of hydrogen-bond acceptors (Lipinski definition) is 5. The van der Waals surface area contributed by atoms with E-state index in [0.717, 1.165) is 0 Å². The van der Waals surface area contributed by atoms with Crippen LogP contribution in [0.3, 0.4) is 0 Å². The molecule has 8 nitrogen and oxygen atoms in total. The van der Waals surface area contributed by atoms with Gasteiger partial charge in [-0.1, -0.05) is 12.1 Å². The van der Waals surface area contributed by atoms with Gasteiger partial charge >= 0.3 is 5.97 Å². The van der Waals surface area contributed by atoms with E-state index in [9.17, 15) is 19.2 Å². The summed E-state index contributed by atoms with van der Waals surface area (Å²) in [5, 5.41) is 2.67. The van der Waals surface area contributed by atoms with Crippen molar-refractivity contribution in [3.05, 3.63) is 59.7 Å². The average molecular weight is 409 g/mol. The minimum atomic E-state index is -0.450. The summed E-state index contributed by atoms with van der Waals surface area (Å²) in [6.45, 7) is 4.31. The second-order valence-corrected chi connectivity index (χ2v) is 6.97. The van der Waals surface area contributed by atoms with Crippen LogP contribution in [-0.2, 0) is 9.59 Å². The van der Waals surface area contributed by atoms with Crippen molar-refractivity contribution < 1.29 is 23.9 Å². The Hall–Kier alpha value is -3.68. The van der Waals surface area contributed by atoms with Crippen LogP contribution in [0, 0.1) is 0 Å². The van der Waals surface area contributed by atoms with Gasteiger partial charge in [0.1, 0.15) is 5.75 Å². The highest BCUT2D eigenvalue weighted by Gasteiger charge is 2.26. The van der Waals surface area contributed by atoms with Gasteiger partial charge in [0.05, 0.1) is 0 Å². The lowest BCUT2D eigenvalue weighted by Gasteiger charge is -2.35. The maximum absolute atomic E-state index is 12.8. The topological polar surface area (TPSA) is 96.0 Å². The first kappa shape index (κ1) is 21.0. The molecule has 156 valence electrons. The Bertz CT molecular complexity index is 901. The maximum Gasteiger partial charge on any atom is 0.308 e. The quantitative estimate of drug-likeness (QED) is 0.617. The molecule has 1 heterocycles. The van der Waals surface area contributed by atoms with E-state index in [2.05, 4.69) is 5.32 Å². The first-order valence-electron chi connectivity index (χ1n) is 9.58. The lowest BCUT2D eigenvalue weighted by molar-refractivity contribution is -0.131. The van der Waals surface area contributed by atoms with Crippen LogP contribution in [0.5, 0.6) is 5.75 Å². The zero-order chi connectivity index (χ0) is 21.7. The molecular weight excluding hydrogens is 386 g/mol. The number of nitrogens with one attached hydrogen (secondary N) is 1. The van der Waals surface area contributed by atoms with Gasteiger partial charge < -0.3 is 19.9 Å². The lowest BCUT2D eigenvalue weighted by atomic mass is 10.1. The molecule has 0 atom stereocenters. The van der Waals surface area contributed by atoms with Crippen LogP contribution in [-0.4, -0.2) is 59.7 Å². The van der Waals surface area contributed by atoms with Crippen molar-refractivity contribution >= 4 is 29.4 Å². The molecule has 1 fully saturated rings. The Balaban J connectivity index is 1.62. The van der Waals surface area contributed by atoms with E-state index in [0.29, 0.717) is 48.7 Å². The Labute approximate surface area is 174 Å². The molecule has 0 saturated carbocycles. The molecule has 0 spiro atoms. The monoisotopic (exact) mass is 409 g/mol. The zero-order valence-electron chi connectivity index (χ0n) is 16.9. The Morgan fingerprint density at radius 2 is 1.33 bits per heavy atom. The number of esters is 1. The van der Waals surface area contributed by atoms with E-state index >= 15 is 0 Å². The molecule has 8 heteroatoms. The molecule has 0 aromatic heterocycles. The van der Waals surface area contributed by atoms with Crippen molar-refractivity contribution in [1.29, 1.82) is 0 Å². The number of nitrogens with zero attached hydrogens (tertiary/aromatic N) is 2. The number of piperazine rings is 1. The van der Waals surface area contributed by atoms with Crippen LogP contribution in [0.15, 0.2) is 48.5 Å². The molecule has 1 saturated heterocycles. The number of hydrogen-bond donors (Lipinski definition) is 1. The molecule has 3 amide bonds. The largest absolute Gasteiger partial charge is 0.427 e. The number of ether oxygens (including phenoxy) is 1. The number of carbonyl (C=O) groups is 4. The molecule has 2 aromatic carbocycles. The third-order valence-electron chi connectivity index (χ3n) is 4.63. The first-order chi connectivity index (χ1) is 14.3. The van der Waals surface area contributed by atoms with E-state index in [1.165, 1.54) is 19.9 Å². The van der Waals surface area contributed by atoms with Gasteiger partial charge in [-0.2, -0.15) is 0 Å². The van der Waals surface area contributed by atoms with Crippen LogP contribution in [0.1, 0.15) is 34.6 Å². The van der Waals surface area contributed by atoms with Crippen molar-refractivity contribution in [2.45, 2.75) is 13.8 Å². The molecule has 1 N–H and O–H groups in total. The molecule has 3 rings (SSSR count). The molecule has 1 aliphatic heterocycles. The van der Waals surface area contributed by atoms with Crippen molar-refractivity contribution in [1.82, 2.24) is 9.80 Å². The highest BCUT2D eigenvalue weighted by Crippen LogP contribution is 2.18. The summed E-state index contributed by atoms with van der Waals surface area (Å²) < 4.78 is 5.03. The van der Waals surface area contributed by atoms with Gasteiger partial charge in [-0.25, -0.2) is 0 Å². The fraction of sp³-hybridized carbons (Fsp3) is 0.273. The Kier molecular flexibility index (Phi) is 6.46. The summed E-state index contributed by atoms with van der Waals surface area (Å²) in [7, 11) is 0. The van der Waals surface area contributed by atoms with Gasteiger partial charge in [-0.05, 0) is 36.4 Å². The van der Waals surface area contributed by atoms with Crippen molar-refractivity contribution in [3.63, 3.8) is 0 Å². The second kappa shape index (κ2) is 9.21. The predicted molar refractivity (Wildman–Crippen MR) is 110 cm³/mol. The predicted octanol–water partition coefficient (Wildman–Crippen LogP) is 2.17. The third kappa shape index (κ3) is 5.22. The fourth-order valence-corrected chi connectivity index (χ4v) is 3.27. The molecule has 1 aliphatic rings. The van der Waals surface area contributed by atoms with E-state index in [4.69, 9.17) is 4.74 Å². The van der Waals surface area contributed by atoms with Crippen LogP contribution in [0.25, 0.3) is 0 Å². The Morgan fingerprint density at radius 3 is 1.87 bits per heavy atom. The van der Waals surface area contributed by atoms with Crippen molar-refractivity contribution in [2.24, 2.45) is 0 Å². The van der Waals surface area contributed by atoms with Gasteiger partial charge in [0.25, 0.3) is 11.8 Å². The number of anilines is 1. The van der Waals surface area contributed by atoms with Gasteiger partial charge in [0.15, 0.2) is 0 Å². The molecule has 0 radical (unpaired) electrons. The number of amides is 3. The summed E-state index contributed by atoms with van der Waals surface area (Å²) in [4.78, 5) is 51.3. The highest BCUT2D eigenvalue weighted by atomic mass is 16.5. The fourth-order valence-electron chi connectivity index (χ4n) is 3.27. The smallest absolute Gasteiger partial charge is 0.308 e. The van der Waals surface area contributed by atoms with E-state index in [-0.39, 0.29) is 17.7 Å². The summed E-state index contributed by atoms with van der Waals surface area (Å²) in [6, 6.07) is 13.3. The minimum absolute atomic E-state index is 0.147. The van der Waals surface area contributed by atoms with Crippen LogP contribution >= 0.6 is 0 Å². The Morgan fingerprint density at radius 1 is 0.800 bits per heavy atom. The van der Waals surface area contributed by atoms with E-state index in [1.54, 1.807) is 52.3 Å². The second-order valence-electron chi connectivity index (χ2n) is 6.97. The molecule has 30 heavy (non-hydrogen) atoms. The van der Waals surface area contributed by atoms with Gasteiger partial charge in [-0.15, -0.1) is 0 Å². The van der Waals surface area contributed by atoms with Crippen LogP contribution in [0.4, 0.5) is 5.69 Å². The van der Waals surface area contributed by atoms with E-state index < -0.39 is 5.97 Å². The first-order valence-corrected chi connectivity index (χ1v) is 9.58.